The van der Waals surface area contributed by atoms with Crippen LogP contribution in [0.5, 0.6) is 0 Å². The van der Waals surface area contributed by atoms with Gasteiger partial charge in [-0.25, -0.2) is 0 Å². The molecule has 7 nitrogen and oxygen atoms in total. The van der Waals surface area contributed by atoms with Gasteiger partial charge in [0, 0.05) is 25.3 Å². The molecule has 0 aliphatic heterocycles. The van der Waals surface area contributed by atoms with Crippen molar-refractivity contribution in [1.82, 2.24) is 0 Å². The van der Waals surface area contributed by atoms with Crippen molar-refractivity contribution in [3.8, 4) is 0 Å². The number of aliphatic hydroxyl groups excluding tert-OH is 1. The van der Waals surface area contributed by atoms with E-state index in [1.165, 1.54) is 0 Å². The van der Waals surface area contributed by atoms with Crippen LogP contribution in [-0.4, -0.2) is 75.8 Å². The highest BCUT2D eigenvalue weighted by atomic mass is 28.5. The number of rotatable bonds is 19. The molecule has 0 fully saturated rings. The molecule has 0 atom stereocenters. The van der Waals surface area contributed by atoms with E-state index in [2.05, 4.69) is 85.1 Å². The zero-order chi connectivity index (χ0) is 27.8. The van der Waals surface area contributed by atoms with Crippen LogP contribution < -0.4 is 0 Å². The second-order valence-electron chi connectivity index (χ2n) is 13.3. The summed E-state index contributed by atoms with van der Waals surface area (Å²) in [6.45, 7) is 33.2. The number of hydrogen-bond donors (Lipinski definition) is 1. The summed E-state index contributed by atoms with van der Waals surface area (Å²) >= 11 is 0. The van der Waals surface area contributed by atoms with Crippen molar-refractivity contribution in [2.75, 3.05) is 19.8 Å². The Labute approximate surface area is 223 Å². The molecule has 0 aromatic heterocycles. The summed E-state index contributed by atoms with van der Waals surface area (Å²) in [6, 6.07) is 1.21. The van der Waals surface area contributed by atoms with Crippen LogP contribution in [0.15, 0.2) is 12.2 Å². The van der Waals surface area contributed by atoms with Gasteiger partial charge in [0.05, 0.1) is 6.61 Å². The molecule has 0 spiro atoms. The molecule has 0 saturated carbocycles. The molecule has 1 N–H and O–H groups in total. The minimum Gasteiger partial charge on any atom is -0.417 e. The lowest BCUT2D eigenvalue weighted by Gasteiger charge is -2.47. The molecule has 0 amide bonds. The predicted octanol–water partition coefficient (Wildman–Crippen LogP) is 6.65. The smallest absolute Gasteiger partial charge is 0.417 e. The highest BCUT2D eigenvalue weighted by Crippen LogP contribution is 2.35. The standard InChI is InChI=1S/C22H56O7Si6/c1-22(2)21-24-18-16-20-35(27-32(9,10)11,28-33(12,13)14)29-34(19-15-17-23,25-30(3,4)5)26-31(6,7)8/h23H,1,15-21H2,2-14H3. The third-order valence-corrected chi connectivity index (χ3v) is 23.1. The van der Waals surface area contributed by atoms with Crippen molar-refractivity contribution in [2.24, 2.45) is 0 Å². The fourth-order valence-electron chi connectivity index (χ4n) is 3.47. The zero-order valence-electron chi connectivity index (χ0n) is 25.1. The van der Waals surface area contributed by atoms with Gasteiger partial charge in [-0.05, 0) is 98.3 Å². The maximum atomic E-state index is 9.76. The maximum absolute atomic E-state index is 9.76. The molecule has 210 valence electrons. The maximum Gasteiger partial charge on any atom is 0.472 e. The Balaban J connectivity index is 6.54. The Bertz CT molecular complexity index is 604. The Morgan fingerprint density at radius 1 is 0.600 bits per heavy atom. The summed E-state index contributed by atoms with van der Waals surface area (Å²) in [4.78, 5) is 0. The number of hydrogen-bond acceptors (Lipinski definition) is 7. The van der Waals surface area contributed by atoms with E-state index in [0.717, 1.165) is 12.0 Å². The van der Waals surface area contributed by atoms with Crippen LogP contribution in [0.25, 0.3) is 0 Å². The van der Waals surface area contributed by atoms with Gasteiger partial charge in [0.25, 0.3) is 0 Å². The molecule has 0 radical (unpaired) electrons. The molecule has 0 aliphatic carbocycles. The van der Waals surface area contributed by atoms with Crippen LogP contribution in [0.1, 0.15) is 19.8 Å². The van der Waals surface area contributed by atoms with Crippen LogP contribution >= 0.6 is 0 Å². The molecule has 0 heterocycles. The summed E-state index contributed by atoms with van der Waals surface area (Å²) in [7, 11) is -14.7. The summed E-state index contributed by atoms with van der Waals surface area (Å²) in [6.07, 6.45) is 1.33. The van der Waals surface area contributed by atoms with Crippen LogP contribution in [0.2, 0.25) is 90.7 Å². The lowest BCUT2D eigenvalue weighted by molar-refractivity contribution is 0.143. The summed E-state index contributed by atoms with van der Waals surface area (Å²) in [5.74, 6) is 0. The number of aliphatic hydroxyl groups is 1. The molecule has 0 aromatic carbocycles. The van der Waals surface area contributed by atoms with Gasteiger partial charge in [-0.1, -0.05) is 12.2 Å². The predicted molar refractivity (Wildman–Crippen MR) is 162 cm³/mol. The van der Waals surface area contributed by atoms with Gasteiger partial charge in [-0.2, -0.15) is 0 Å². The van der Waals surface area contributed by atoms with E-state index in [9.17, 15) is 5.11 Å². The van der Waals surface area contributed by atoms with Gasteiger partial charge in [-0.3, -0.25) is 0 Å². The average molecular weight is 601 g/mol. The minimum atomic E-state index is -3.24. The second kappa shape index (κ2) is 14.2. The second-order valence-corrected chi connectivity index (χ2v) is 38.0. The van der Waals surface area contributed by atoms with Crippen LogP contribution in [-0.2, 0) is 25.3 Å². The Kier molecular flexibility index (Phi) is 14.5. The van der Waals surface area contributed by atoms with Gasteiger partial charge < -0.3 is 30.4 Å². The van der Waals surface area contributed by atoms with Crippen LogP contribution in [0, 0.1) is 0 Å². The van der Waals surface area contributed by atoms with Crippen molar-refractivity contribution < 1.29 is 30.4 Å². The third kappa shape index (κ3) is 18.6. The first-order valence-electron chi connectivity index (χ1n) is 12.8. The summed E-state index contributed by atoms with van der Waals surface area (Å²) < 4.78 is 40.6. The molecular formula is C22H56O7Si6. The Morgan fingerprint density at radius 3 is 1.23 bits per heavy atom. The van der Waals surface area contributed by atoms with Gasteiger partial charge in [0.15, 0.2) is 33.3 Å². The van der Waals surface area contributed by atoms with Gasteiger partial charge in [0.2, 0.25) is 0 Å². The first kappa shape index (κ1) is 35.8. The largest absolute Gasteiger partial charge is 0.472 e. The van der Waals surface area contributed by atoms with E-state index < -0.39 is 50.9 Å². The fourth-order valence-corrected chi connectivity index (χ4v) is 27.2. The lowest BCUT2D eigenvalue weighted by atomic mass is 10.4. The molecule has 0 rings (SSSR count). The highest BCUT2D eigenvalue weighted by Gasteiger charge is 2.58. The molecular weight excluding hydrogens is 545 g/mol. The third-order valence-electron chi connectivity index (χ3n) is 3.92. The quantitative estimate of drug-likeness (QED) is 0.101. The minimum absolute atomic E-state index is 0.0648. The molecule has 13 heteroatoms. The van der Waals surface area contributed by atoms with E-state index in [1.54, 1.807) is 0 Å². The average Bonchev–Trinajstić information content (AvgIpc) is 2.52. The van der Waals surface area contributed by atoms with Gasteiger partial charge in [0.1, 0.15) is 0 Å². The molecule has 0 aliphatic rings. The van der Waals surface area contributed by atoms with E-state index in [4.69, 9.17) is 25.3 Å². The van der Waals surface area contributed by atoms with Crippen LogP contribution in [0.4, 0.5) is 0 Å². The summed E-state index contributed by atoms with van der Waals surface area (Å²) in [5, 5.41) is 9.76. The lowest BCUT2D eigenvalue weighted by Crippen LogP contribution is -2.67. The van der Waals surface area contributed by atoms with Crippen molar-refractivity contribution in [1.29, 1.82) is 0 Å². The monoisotopic (exact) mass is 600 g/mol. The molecule has 35 heavy (non-hydrogen) atoms. The van der Waals surface area contributed by atoms with E-state index in [0.29, 0.717) is 31.7 Å². The number of ether oxygens (including phenoxy) is 1. The van der Waals surface area contributed by atoms with Crippen LogP contribution in [0.3, 0.4) is 0 Å². The van der Waals surface area contributed by atoms with Crippen molar-refractivity contribution >= 4 is 50.9 Å². The fraction of sp³-hybridized carbons (Fsp3) is 0.909. The first-order valence-corrected chi connectivity index (χ1v) is 30.3. The summed E-state index contributed by atoms with van der Waals surface area (Å²) in [5.41, 5.74) is 1.00. The topological polar surface area (TPSA) is 75.6 Å². The van der Waals surface area contributed by atoms with Gasteiger partial charge >= 0.3 is 17.6 Å². The molecule has 0 unspecified atom stereocenters. The molecule has 0 aromatic rings. The molecule has 0 saturated heterocycles. The van der Waals surface area contributed by atoms with E-state index in [-0.39, 0.29) is 6.61 Å². The highest BCUT2D eigenvalue weighted by molar-refractivity contribution is 6.92. The van der Waals surface area contributed by atoms with E-state index in [1.807, 2.05) is 6.92 Å². The zero-order valence-corrected chi connectivity index (χ0v) is 31.1. The Morgan fingerprint density at radius 2 is 0.943 bits per heavy atom. The molecule has 0 bridgehead atoms. The Hall–Kier alpha value is 0.761. The van der Waals surface area contributed by atoms with Gasteiger partial charge in [-0.15, -0.1) is 0 Å². The normalized spacial score (nSPS) is 14.5. The van der Waals surface area contributed by atoms with Crippen molar-refractivity contribution in [3.63, 3.8) is 0 Å². The SMILES string of the molecule is C=C(C)COCCC[Si](O[Si](C)(C)C)(O[Si](C)(C)C)O[Si](CCCO)(O[Si](C)(C)C)O[Si](C)(C)C. The first-order chi connectivity index (χ1) is 15.5. The van der Waals surface area contributed by atoms with Crippen molar-refractivity contribution in [3.05, 3.63) is 12.2 Å². The van der Waals surface area contributed by atoms with E-state index >= 15 is 0 Å². The van der Waals surface area contributed by atoms with Crippen molar-refractivity contribution in [2.45, 2.75) is 110 Å².